The fourth-order valence-electron chi connectivity index (χ4n) is 0. The Morgan fingerprint density at radius 3 is 0.269 bits per heavy atom. The molecule has 0 unspecified atom stereocenters. The zero-order valence-corrected chi connectivity index (χ0v) is 22.2. The predicted octanol–water partition coefficient (Wildman–Crippen LogP) is -1.47. The van der Waals surface area contributed by atoms with Gasteiger partial charge in [-0.2, -0.15) is 0 Å². The molecule has 0 aromatic heterocycles. The third-order valence-corrected chi connectivity index (χ3v) is 0. The van der Waals surface area contributed by atoms with Crippen molar-refractivity contribution in [3.8, 4) is 0 Å². The zero-order chi connectivity index (χ0) is 21.5. The van der Waals surface area contributed by atoms with Crippen LogP contribution in [-0.2, 0) is 0 Å². The summed E-state index contributed by atoms with van der Waals surface area (Å²) in [6, 6.07) is 0. The summed E-state index contributed by atoms with van der Waals surface area (Å²) in [5.41, 5.74) is 0. The fraction of sp³-hybridized carbons (Fsp3) is 1.00. The summed E-state index contributed by atoms with van der Waals surface area (Å²) in [6.45, 7) is 19.3. The first-order valence-electron chi connectivity index (χ1n) is 8.34. The minimum Gasteiger partial charge on any atom is -0.852 e. The van der Waals surface area contributed by atoms with Crippen LogP contribution in [-0.4, -0.2) is 36.6 Å². The van der Waals surface area contributed by atoms with Crippen LogP contribution in [0.25, 0.3) is 0 Å². The van der Waals surface area contributed by atoms with E-state index >= 15 is 0 Å². The van der Waals surface area contributed by atoms with Gasteiger partial charge in [0, 0.05) is 0 Å². The van der Waals surface area contributed by atoms with Crippen LogP contribution in [0.1, 0.15) is 83.1 Å². The van der Waals surface area contributed by atoms with Gasteiger partial charge in [-0.1, -0.05) is 83.1 Å². The van der Waals surface area contributed by atoms with E-state index in [1.807, 2.05) is 0 Å². The Morgan fingerprint density at radius 1 is 0.269 bits per heavy atom. The van der Waals surface area contributed by atoms with Gasteiger partial charge in [-0.25, -0.2) is 0 Å². The third-order valence-electron chi connectivity index (χ3n) is 0. The first kappa shape index (κ1) is 51.2. The van der Waals surface area contributed by atoms with Crippen molar-refractivity contribution in [2.45, 2.75) is 120 Å². The minimum atomic E-state index is -0.417. The molecule has 0 spiro atoms. The van der Waals surface area contributed by atoms with E-state index in [0.717, 1.165) is 0 Å². The molecule has 0 amide bonds. The average molecular weight is 689 g/mol. The van der Waals surface area contributed by atoms with Gasteiger partial charge in [0.1, 0.15) is 0 Å². The minimum absolute atomic E-state index is 0. The van der Waals surface area contributed by atoms with E-state index in [2.05, 4.69) is 0 Å². The third kappa shape index (κ3) is 3300. The standard InChI is InChI=1S/6C3H7O.2Er/c6*1-3(2)4;;/h6*3H,1-2H3;;/q6*-1;2*+3. The molecule has 26 heavy (non-hydrogen) atoms. The molecule has 174 valence electrons. The van der Waals surface area contributed by atoms with Crippen molar-refractivity contribution in [1.29, 1.82) is 0 Å². The molecule has 8 heteroatoms. The van der Waals surface area contributed by atoms with Crippen molar-refractivity contribution in [3.63, 3.8) is 0 Å². The number of rotatable bonds is 0. The Bertz CT molecular complexity index is 105. The van der Waals surface area contributed by atoms with Crippen LogP contribution in [0.3, 0.4) is 0 Å². The maximum Gasteiger partial charge on any atom is 3.00 e. The van der Waals surface area contributed by atoms with E-state index in [9.17, 15) is 30.6 Å². The first-order chi connectivity index (χ1) is 10.4. The molecule has 0 N–H and O–H groups in total. The molecule has 0 fully saturated rings. The van der Waals surface area contributed by atoms with Crippen molar-refractivity contribution in [1.82, 2.24) is 0 Å². The predicted molar refractivity (Wildman–Crippen MR) is 90.8 cm³/mol. The molecule has 0 saturated carbocycles. The molecular formula is C18H42Er2O6. The molecule has 0 saturated heterocycles. The maximum atomic E-state index is 9.53. The van der Waals surface area contributed by atoms with E-state index in [1.165, 1.54) is 0 Å². The molecular weight excluding hydrogens is 647 g/mol. The second-order valence-corrected chi connectivity index (χ2v) is 6.29. The quantitative estimate of drug-likeness (QED) is 0.305. The fourth-order valence-corrected chi connectivity index (χ4v) is 0. The van der Waals surface area contributed by atoms with E-state index in [4.69, 9.17) is 0 Å². The van der Waals surface area contributed by atoms with Gasteiger partial charge in [0.2, 0.25) is 0 Å². The van der Waals surface area contributed by atoms with Crippen LogP contribution in [0, 0.1) is 74.6 Å². The smallest absolute Gasteiger partial charge is 0.852 e. The number of hydrogen-bond donors (Lipinski definition) is 0. The largest absolute Gasteiger partial charge is 3.00 e. The van der Waals surface area contributed by atoms with Gasteiger partial charge >= 0.3 is 74.6 Å². The van der Waals surface area contributed by atoms with Gasteiger partial charge in [0.05, 0.1) is 0 Å². The SMILES string of the molecule is CC(C)[O-].CC(C)[O-].CC(C)[O-].CC(C)[O-].CC(C)[O-].CC(C)[O-].[Er+3].[Er+3]. The summed E-state index contributed by atoms with van der Waals surface area (Å²) in [4.78, 5) is 0. The Balaban J connectivity index is -0.0000000245. The number of hydrogen-bond acceptors (Lipinski definition) is 6. The Morgan fingerprint density at radius 2 is 0.269 bits per heavy atom. The summed E-state index contributed by atoms with van der Waals surface area (Å²) in [6.07, 6.45) is -2.50. The van der Waals surface area contributed by atoms with E-state index in [0.29, 0.717) is 0 Å². The summed E-state index contributed by atoms with van der Waals surface area (Å²) in [5.74, 6) is 0. The Hall–Kier alpha value is 2.25. The molecule has 0 rings (SSSR count). The molecule has 0 aliphatic heterocycles. The summed E-state index contributed by atoms with van der Waals surface area (Å²) in [5, 5.41) is 57.2. The van der Waals surface area contributed by atoms with E-state index in [1.54, 1.807) is 83.1 Å². The van der Waals surface area contributed by atoms with Crippen molar-refractivity contribution in [2.24, 2.45) is 0 Å². The van der Waals surface area contributed by atoms with Gasteiger partial charge in [0.15, 0.2) is 0 Å². The van der Waals surface area contributed by atoms with E-state index in [-0.39, 0.29) is 74.6 Å². The van der Waals surface area contributed by atoms with Crippen LogP contribution >= 0.6 is 0 Å². The Kier molecular flexibility index (Phi) is 90.1. The van der Waals surface area contributed by atoms with Gasteiger partial charge in [-0.05, 0) is 0 Å². The van der Waals surface area contributed by atoms with Gasteiger partial charge in [0.25, 0.3) is 0 Å². The molecule has 0 heterocycles. The van der Waals surface area contributed by atoms with Crippen molar-refractivity contribution in [3.05, 3.63) is 0 Å². The van der Waals surface area contributed by atoms with Gasteiger partial charge in [-0.3, -0.25) is 0 Å². The van der Waals surface area contributed by atoms with Gasteiger partial charge in [-0.15, -0.1) is 36.6 Å². The van der Waals surface area contributed by atoms with Crippen molar-refractivity contribution in [2.75, 3.05) is 0 Å². The molecule has 0 aliphatic rings. The summed E-state index contributed by atoms with van der Waals surface area (Å²) in [7, 11) is 0. The second kappa shape index (κ2) is 45.8. The molecule has 0 aromatic rings. The normalized spacial score (nSPS) is 8.31. The van der Waals surface area contributed by atoms with Gasteiger partial charge < -0.3 is 30.6 Å². The molecule has 0 aliphatic carbocycles. The molecule has 6 nitrogen and oxygen atoms in total. The summed E-state index contributed by atoms with van der Waals surface area (Å²) < 4.78 is 0. The molecule has 0 atom stereocenters. The molecule has 0 bridgehead atoms. The zero-order valence-electron chi connectivity index (χ0n) is 18.5. The van der Waals surface area contributed by atoms with Crippen LogP contribution < -0.4 is 30.6 Å². The van der Waals surface area contributed by atoms with Crippen LogP contribution in [0.2, 0.25) is 0 Å². The topological polar surface area (TPSA) is 138 Å². The van der Waals surface area contributed by atoms with Crippen molar-refractivity contribution >= 4 is 0 Å². The molecule has 2 radical (unpaired) electrons. The monoisotopic (exact) mass is 686 g/mol. The van der Waals surface area contributed by atoms with E-state index < -0.39 is 36.6 Å². The van der Waals surface area contributed by atoms with Crippen LogP contribution in [0.4, 0.5) is 0 Å². The molecule has 0 aromatic carbocycles. The van der Waals surface area contributed by atoms with Crippen LogP contribution in [0.15, 0.2) is 0 Å². The first-order valence-corrected chi connectivity index (χ1v) is 8.34. The van der Waals surface area contributed by atoms with Crippen LogP contribution in [0.5, 0.6) is 0 Å². The average Bonchev–Trinajstić information content (AvgIpc) is 2.08. The Labute approximate surface area is 222 Å². The second-order valence-electron chi connectivity index (χ2n) is 6.29. The maximum absolute atomic E-state index is 9.53. The van der Waals surface area contributed by atoms with Crippen molar-refractivity contribution < 1.29 is 105 Å². The summed E-state index contributed by atoms with van der Waals surface area (Å²) >= 11 is 0.